The molecule has 0 aliphatic carbocycles. The average Bonchev–Trinajstić information content (AvgIpc) is 2.42. The van der Waals surface area contributed by atoms with Crippen LogP contribution < -0.4 is 5.32 Å². The molecular formula is C14H18F2N2O. The molecule has 104 valence electrons. The Morgan fingerprint density at radius 2 is 2.26 bits per heavy atom. The summed E-state index contributed by atoms with van der Waals surface area (Å²) in [5, 5.41) is 3.18. The molecule has 1 N–H and O–H groups in total. The monoisotopic (exact) mass is 268 g/mol. The molecule has 5 heteroatoms. The standard InChI is InChI=1S/C14H18F2N2O/c1-18(14(19)10-3-2-6-17-8-10)9-11-4-5-12(15)7-13(11)16/h4-5,7,10,17H,2-3,6,8-9H2,1H3/t10-/m0/s1. The van der Waals surface area contributed by atoms with E-state index in [1.807, 2.05) is 0 Å². The van der Waals surface area contributed by atoms with Gasteiger partial charge in [0.25, 0.3) is 0 Å². The van der Waals surface area contributed by atoms with E-state index < -0.39 is 11.6 Å². The van der Waals surface area contributed by atoms with Crippen LogP contribution in [0.3, 0.4) is 0 Å². The molecule has 1 amide bonds. The number of carbonyl (C=O) groups is 1. The largest absolute Gasteiger partial charge is 0.341 e. The Balaban J connectivity index is 1.99. The molecule has 0 spiro atoms. The summed E-state index contributed by atoms with van der Waals surface area (Å²) < 4.78 is 26.3. The Hall–Kier alpha value is -1.49. The minimum atomic E-state index is -0.610. The summed E-state index contributed by atoms with van der Waals surface area (Å²) in [6.07, 6.45) is 1.84. The van der Waals surface area contributed by atoms with E-state index in [1.165, 1.54) is 17.0 Å². The summed E-state index contributed by atoms with van der Waals surface area (Å²) in [4.78, 5) is 13.7. The van der Waals surface area contributed by atoms with Crippen LogP contribution in [0.1, 0.15) is 18.4 Å². The maximum atomic E-state index is 13.5. The second-order valence-corrected chi connectivity index (χ2v) is 4.97. The molecule has 19 heavy (non-hydrogen) atoms. The van der Waals surface area contributed by atoms with Crippen molar-refractivity contribution in [3.63, 3.8) is 0 Å². The topological polar surface area (TPSA) is 32.3 Å². The van der Waals surface area contributed by atoms with E-state index in [1.54, 1.807) is 7.05 Å². The Kier molecular flexibility index (Phi) is 4.47. The van der Waals surface area contributed by atoms with E-state index in [9.17, 15) is 13.6 Å². The minimum absolute atomic E-state index is 0.0101. The molecule has 1 aromatic rings. The molecule has 1 atom stereocenters. The maximum absolute atomic E-state index is 13.5. The van der Waals surface area contributed by atoms with Crippen molar-refractivity contribution >= 4 is 5.91 Å². The fraction of sp³-hybridized carbons (Fsp3) is 0.500. The predicted octanol–water partition coefficient (Wildman–Crippen LogP) is 1.92. The van der Waals surface area contributed by atoms with E-state index in [-0.39, 0.29) is 18.4 Å². The van der Waals surface area contributed by atoms with Gasteiger partial charge in [-0.1, -0.05) is 6.07 Å². The number of hydrogen-bond donors (Lipinski definition) is 1. The number of carbonyl (C=O) groups excluding carboxylic acids is 1. The first-order chi connectivity index (χ1) is 9.08. The molecule has 0 unspecified atom stereocenters. The van der Waals surface area contributed by atoms with E-state index in [0.29, 0.717) is 12.1 Å². The van der Waals surface area contributed by atoms with Gasteiger partial charge in [-0.2, -0.15) is 0 Å². The zero-order valence-electron chi connectivity index (χ0n) is 11.0. The van der Waals surface area contributed by atoms with Crippen LogP contribution in [0.4, 0.5) is 8.78 Å². The number of piperidine rings is 1. The highest BCUT2D eigenvalue weighted by Crippen LogP contribution is 2.16. The van der Waals surface area contributed by atoms with Crippen LogP contribution in [0.15, 0.2) is 18.2 Å². The SMILES string of the molecule is CN(Cc1ccc(F)cc1F)C(=O)[C@H]1CCCNC1. The van der Waals surface area contributed by atoms with Gasteiger partial charge in [0, 0.05) is 31.8 Å². The maximum Gasteiger partial charge on any atom is 0.227 e. The van der Waals surface area contributed by atoms with Gasteiger partial charge >= 0.3 is 0 Å². The first kappa shape index (κ1) is 13.9. The summed E-state index contributed by atoms with van der Waals surface area (Å²) in [6, 6.07) is 3.43. The highest BCUT2D eigenvalue weighted by molar-refractivity contribution is 5.78. The number of nitrogens with one attached hydrogen (secondary N) is 1. The van der Waals surface area contributed by atoms with Gasteiger partial charge in [0.2, 0.25) is 5.91 Å². The Morgan fingerprint density at radius 1 is 1.47 bits per heavy atom. The molecule has 1 aliphatic rings. The van der Waals surface area contributed by atoms with Gasteiger partial charge in [-0.15, -0.1) is 0 Å². The minimum Gasteiger partial charge on any atom is -0.341 e. The zero-order valence-corrected chi connectivity index (χ0v) is 11.0. The van der Waals surface area contributed by atoms with E-state index in [0.717, 1.165) is 25.5 Å². The zero-order chi connectivity index (χ0) is 13.8. The van der Waals surface area contributed by atoms with Crippen LogP contribution in [0.25, 0.3) is 0 Å². The molecule has 0 bridgehead atoms. The molecule has 1 aromatic carbocycles. The summed E-state index contributed by atoms with van der Waals surface area (Å²) in [6.45, 7) is 1.79. The van der Waals surface area contributed by atoms with E-state index >= 15 is 0 Å². The molecule has 0 saturated carbocycles. The van der Waals surface area contributed by atoms with Crippen LogP contribution in [0, 0.1) is 17.6 Å². The Morgan fingerprint density at radius 3 is 2.89 bits per heavy atom. The first-order valence-electron chi connectivity index (χ1n) is 6.47. The van der Waals surface area contributed by atoms with Crippen molar-refractivity contribution in [3.8, 4) is 0 Å². The molecule has 1 saturated heterocycles. The highest BCUT2D eigenvalue weighted by atomic mass is 19.1. The van der Waals surface area contributed by atoms with Crippen molar-refractivity contribution in [1.29, 1.82) is 0 Å². The average molecular weight is 268 g/mol. The van der Waals surface area contributed by atoms with Gasteiger partial charge in [-0.3, -0.25) is 4.79 Å². The summed E-state index contributed by atoms with van der Waals surface area (Å²) >= 11 is 0. The van der Waals surface area contributed by atoms with Crippen molar-refractivity contribution in [3.05, 3.63) is 35.4 Å². The quantitative estimate of drug-likeness (QED) is 0.908. The predicted molar refractivity (Wildman–Crippen MR) is 68.4 cm³/mol. The van der Waals surface area contributed by atoms with Gasteiger partial charge < -0.3 is 10.2 Å². The van der Waals surface area contributed by atoms with Crippen LogP contribution in [0.5, 0.6) is 0 Å². The summed E-state index contributed by atoms with van der Waals surface area (Å²) in [7, 11) is 1.65. The van der Waals surface area contributed by atoms with Gasteiger partial charge in [-0.25, -0.2) is 8.78 Å². The van der Waals surface area contributed by atoms with Crippen LogP contribution >= 0.6 is 0 Å². The molecule has 1 aliphatic heterocycles. The number of halogens is 2. The van der Waals surface area contributed by atoms with Crippen LogP contribution in [-0.2, 0) is 11.3 Å². The lowest BCUT2D eigenvalue weighted by Gasteiger charge is -2.27. The highest BCUT2D eigenvalue weighted by Gasteiger charge is 2.24. The molecule has 0 radical (unpaired) electrons. The van der Waals surface area contributed by atoms with Gasteiger partial charge in [0.1, 0.15) is 11.6 Å². The lowest BCUT2D eigenvalue weighted by atomic mass is 9.98. The second kappa shape index (κ2) is 6.10. The lowest BCUT2D eigenvalue weighted by Crippen LogP contribution is -2.41. The molecule has 0 aromatic heterocycles. The summed E-state index contributed by atoms with van der Waals surface area (Å²) in [5.74, 6) is -1.24. The Bertz CT molecular complexity index is 459. The molecule has 3 nitrogen and oxygen atoms in total. The van der Waals surface area contributed by atoms with Gasteiger partial charge in [0.15, 0.2) is 0 Å². The smallest absolute Gasteiger partial charge is 0.227 e. The number of hydrogen-bond acceptors (Lipinski definition) is 2. The second-order valence-electron chi connectivity index (χ2n) is 4.97. The van der Waals surface area contributed by atoms with Crippen molar-refractivity contribution in [2.45, 2.75) is 19.4 Å². The lowest BCUT2D eigenvalue weighted by molar-refractivity contribution is -0.135. The van der Waals surface area contributed by atoms with E-state index in [2.05, 4.69) is 5.32 Å². The van der Waals surface area contributed by atoms with Crippen molar-refractivity contribution in [1.82, 2.24) is 10.2 Å². The third-order valence-electron chi connectivity index (χ3n) is 3.44. The fourth-order valence-electron chi connectivity index (χ4n) is 2.36. The third-order valence-corrected chi connectivity index (χ3v) is 3.44. The number of rotatable bonds is 3. The van der Waals surface area contributed by atoms with Crippen molar-refractivity contribution in [2.75, 3.05) is 20.1 Å². The summed E-state index contributed by atoms with van der Waals surface area (Å²) in [5.41, 5.74) is 0.334. The molecular weight excluding hydrogens is 250 g/mol. The van der Waals surface area contributed by atoms with Crippen molar-refractivity contribution < 1.29 is 13.6 Å². The van der Waals surface area contributed by atoms with Gasteiger partial charge in [-0.05, 0) is 25.5 Å². The molecule has 1 fully saturated rings. The van der Waals surface area contributed by atoms with Crippen LogP contribution in [-0.4, -0.2) is 30.9 Å². The van der Waals surface area contributed by atoms with Crippen molar-refractivity contribution in [2.24, 2.45) is 5.92 Å². The first-order valence-corrected chi connectivity index (χ1v) is 6.47. The Labute approximate surface area is 111 Å². The number of benzene rings is 1. The molecule has 2 rings (SSSR count). The number of amides is 1. The van der Waals surface area contributed by atoms with Gasteiger partial charge in [0.05, 0.1) is 5.92 Å². The molecule has 1 heterocycles. The normalized spacial score (nSPS) is 19.2. The fourth-order valence-corrected chi connectivity index (χ4v) is 2.36. The third kappa shape index (κ3) is 3.50. The number of nitrogens with zero attached hydrogens (tertiary/aromatic N) is 1. The van der Waals surface area contributed by atoms with E-state index in [4.69, 9.17) is 0 Å². The van der Waals surface area contributed by atoms with Crippen LogP contribution in [0.2, 0.25) is 0 Å².